The second-order valence-electron chi connectivity index (χ2n) is 15.2. The molecule has 3 saturated heterocycles. The lowest BCUT2D eigenvalue weighted by Gasteiger charge is -2.39. The van der Waals surface area contributed by atoms with Crippen LogP contribution in [0.2, 0.25) is 0 Å². The minimum atomic E-state index is -0.436. The second-order valence-corrected chi connectivity index (χ2v) is 16.4. The number of amides is 1. The summed E-state index contributed by atoms with van der Waals surface area (Å²) in [5.74, 6) is 3.01. The fourth-order valence-electron chi connectivity index (χ4n) is 9.90. The third-order valence-electron chi connectivity index (χ3n) is 12.5. The summed E-state index contributed by atoms with van der Waals surface area (Å²) in [7, 11) is 1.76. The van der Waals surface area contributed by atoms with Gasteiger partial charge in [0.2, 0.25) is 0 Å². The van der Waals surface area contributed by atoms with Crippen molar-refractivity contribution in [3.8, 4) is 23.7 Å². The SMILES string of the molecule is C[C@H]1[C@@H]2CCCN2CCCN1c1cc(N2CCC(N(C)C(=O)n3cnc(C#N)n3)C2)nc(-c2noc3c2CCC[C@@]32CCCc3sc(N)c(C#N)c32)n1. The molecule has 3 aliphatic heterocycles. The van der Waals surface area contributed by atoms with Gasteiger partial charge >= 0.3 is 6.03 Å². The highest BCUT2D eigenvalue weighted by atomic mass is 32.1. The van der Waals surface area contributed by atoms with E-state index in [4.69, 9.17) is 30.6 Å². The molecule has 3 fully saturated rings. The molecule has 0 radical (unpaired) electrons. The fraction of sp³-hybridized carbons (Fsp3) is 0.568. The average molecular weight is 734 g/mol. The van der Waals surface area contributed by atoms with Gasteiger partial charge in [0.1, 0.15) is 35.1 Å². The first-order valence-corrected chi connectivity index (χ1v) is 19.7. The molecule has 2 aliphatic carbocycles. The van der Waals surface area contributed by atoms with Crippen LogP contribution in [0.25, 0.3) is 11.5 Å². The van der Waals surface area contributed by atoms with Crippen LogP contribution < -0.4 is 15.5 Å². The molecule has 16 heteroatoms. The van der Waals surface area contributed by atoms with Crippen molar-refractivity contribution in [2.75, 3.05) is 55.3 Å². The molecular formula is C37H43N13O2S. The molecule has 0 bridgehead atoms. The smallest absolute Gasteiger partial charge is 0.346 e. The lowest BCUT2D eigenvalue weighted by Crippen LogP contribution is -2.45. The van der Waals surface area contributed by atoms with Gasteiger partial charge in [-0.3, -0.25) is 4.90 Å². The molecule has 7 heterocycles. The van der Waals surface area contributed by atoms with Gasteiger partial charge in [0.05, 0.1) is 17.0 Å². The predicted molar refractivity (Wildman–Crippen MR) is 198 cm³/mol. The molecule has 15 nitrogen and oxygen atoms in total. The van der Waals surface area contributed by atoms with Gasteiger partial charge in [-0.2, -0.15) is 15.2 Å². The van der Waals surface area contributed by atoms with Crippen molar-refractivity contribution in [3.05, 3.63) is 45.5 Å². The zero-order chi connectivity index (χ0) is 36.4. The molecular weight excluding hydrogens is 691 g/mol. The molecule has 4 aromatic heterocycles. The van der Waals surface area contributed by atoms with Crippen molar-refractivity contribution in [1.82, 2.24) is 39.7 Å². The highest BCUT2D eigenvalue weighted by molar-refractivity contribution is 7.16. The van der Waals surface area contributed by atoms with Gasteiger partial charge in [-0.25, -0.2) is 19.7 Å². The standard InChI is InChI=1S/C37H43N13O2S/c1-22-26-8-5-13-47(26)14-6-15-49(22)30-17-29(48-16-10-23(20-48)46(2)36(51)50-21-41-28(19-39)44-50)42-35(43-30)32-24-7-3-11-37(33(24)52-45-32)12-4-9-27-31(37)25(18-38)34(40)53-27/h17,21-23,26H,3-16,20,40H2,1-2H3/t22-,23?,26-,37-/m0/s1. The summed E-state index contributed by atoms with van der Waals surface area (Å²) >= 11 is 1.54. The van der Waals surface area contributed by atoms with E-state index in [0.29, 0.717) is 41.2 Å². The maximum atomic E-state index is 13.3. The van der Waals surface area contributed by atoms with Gasteiger partial charge in [-0.15, -0.1) is 16.4 Å². The highest BCUT2D eigenvalue weighted by Gasteiger charge is 2.49. The van der Waals surface area contributed by atoms with E-state index in [2.05, 4.69) is 43.8 Å². The molecule has 0 saturated carbocycles. The molecule has 1 unspecified atom stereocenters. The number of hydrogen-bond acceptors (Lipinski definition) is 14. The van der Waals surface area contributed by atoms with Crippen LogP contribution in [0.5, 0.6) is 0 Å². The monoisotopic (exact) mass is 733 g/mol. The number of nitrogens with two attached hydrogens (primary N) is 1. The van der Waals surface area contributed by atoms with E-state index in [1.807, 2.05) is 6.07 Å². The molecule has 0 aromatic carbocycles. The minimum Gasteiger partial charge on any atom is -0.389 e. The average Bonchev–Trinajstić information content (AvgIpc) is 4.02. The number of thiophene rings is 1. The Morgan fingerprint density at radius 3 is 2.68 bits per heavy atom. The third-order valence-corrected chi connectivity index (χ3v) is 13.6. The largest absolute Gasteiger partial charge is 0.389 e. The highest BCUT2D eigenvalue weighted by Crippen LogP contribution is 2.55. The van der Waals surface area contributed by atoms with Gasteiger partial charge in [0.25, 0.3) is 5.82 Å². The van der Waals surface area contributed by atoms with Crippen molar-refractivity contribution >= 4 is 34.0 Å². The molecule has 1 amide bonds. The fourth-order valence-corrected chi connectivity index (χ4v) is 11.1. The summed E-state index contributed by atoms with van der Waals surface area (Å²) in [6, 6.07) is 6.72. The van der Waals surface area contributed by atoms with E-state index in [1.165, 1.54) is 24.0 Å². The van der Waals surface area contributed by atoms with Crippen LogP contribution in [-0.4, -0.2) is 104 Å². The van der Waals surface area contributed by atoms with Gasteiger partial charge < -0.3 is 25.0 Å². The summed E-state index contributed by atoms with van der Waals surface area (Å²) in [5.41, 5.74) is 9.31. The molecule has 53 heavy (non-hydrogen) atoms. The van der Waals surface area contributed by atoms with Gasteiger partial charge in [0.15, 0.2) is 17.3 Å². The number of nitrogen functional groups attached to an aromatic ring is 1. The number of carbonyl (C=O) groups is 1. The first kappa shape index (κ1) is 33.8. The van der Waals surface area contributed by atoms with E-state index in [1.54, 1.807) is 23.3 Å². The minimum absolute atomic E-state index is 0.0424. The van der Waals surface area contributed by atoms with Crippen molar-refractivity contribution < 1.29 is 9.32 Å². The molecule has 9 rings (SSSR count). The quantitative estimate of drug-likeness (QED) is 0.313. The van der Waals surface area contributed by atoms with Crippen LogP contribution in [0, 0.1) is 22.7 Å². The Hall–Kier alpha value is -5.06. The number of anilines is 3. The van der Waals surface area contributed by atoms with Crippen LogP contribution in [0.15, 0.2) is 16.9 Å². The summed E-state index contributed by atoms with van der Waals surface area (Å²) in [4.78, 5) is 37.9. The first-order valence-electron chi connectivity index (χ1n) is 18.8. The maximum Gasteiger partial charge on any atom is 0.346 e. The third kappa shape index (κ3) is 5.45. The first-order chi connectivity index (χ1) is 25.8. The number of aromatic nitrogens is 6. The van der Waals surface area contributed by atoms with Crippen LogP contribution in [0.4, 0.5) is 21.4 Å². The molecule has 4 atom stereocenters. The van der Waals surface area contributed by atoms with Crippen LogP contribution in [-0.2, 0) is 18.3 Å². The predicted octanol–water partition coefficient (Wildman–Crippen LogP) is 4.31. The molecule has 1 spiro atoms. The number of carbonyl (C=O) groups excluding carboxylic acids is 1. The molecule has 2 N–H and O–H groups in total. The number of aryl methyl sites for hydroxylation is 1. The Labute approximate surface area is 312 Å². The van der Waals surface area contributed by atoms with E-state index >= 15 is 0 Å². The lowest BCUT2D eigenvalue weighted by molar-refractivity contribution is 0.192. The van der Waals surface area contributed by atoms with Crippen molar-refractivity contribution in [2.45, 2.75) is 94.7 Å². The maximum absolute atomic E-state index is 13.3. The topological polar surface area (TPSA) is 186 Å². The summed E-state index contributed by atoms with van der Waals surface area (Å²) in [6.07, 6.45) is 10.9. The van der Waals surface area contributed by atoms with E-state index < -0.39 is 5.41 Å². The number of fused-ring (bicyclic) bond motifs is 5. The van der Waals surface area contributed by atoms with Crippen molar-refractivity contribution in [3.63, 3.8) is 0 Å². The van der Waals surface area contributed by atoms with Crippen LogP contribution in [0.3, 0.4) is 0 Å². The van der Waals surface area contributed by atoms with E-state index in [9.17, 15) is 10.1 Å². The summed E-state index contributed by atoms with van der Waals surface area (Å²) < 4.78 is 7.51. The van der Waals surface area contributed by atoms with Gasteiger partial charge in [0, 0.05) is 61.8 Å². The zero-order valence-corrected chi connectivity index (χ0v) is 31.0. The van der Waals surface area contributed by atoms with E-state index in [-0.39, 0.29) is 23.9 Å². The summed E-state index contributed by atoms with van der Waals surface area (Å²) in [6.45, 7) is 6.73. The Bertz CT molecular complexity index is 2160. The second kappa shape index (κ2) is 13.1. The number of likely N-dealkylation sites (N-methyl/N-ethyl adjacent to an activating group) is 1. The van der Waals surface area contributed by atoms with Gasteiger partial charge in [-0.1, -0.05) is 5.16 Å². The normalized spacial score (nSPS) is 25.4. The molecule has 4 aromatic rings. The Morgan fingerprint density at radius 1 is 1.06 bits per heavy atom. The number of rotatable bonds is 4. The molecule has 5 aliphatic rings. The molecule has 274 valence electrons. The summed E-state index contributed by atoms with van der Waals surface area (Å²) in [5, 5.41) is 28.7. The number of nitrogens with zero attached hydrogens (tertiary/aromatic N) is 12. The van der Waals surface area contributed by atoms with Crippen LogP contribution >= 0.6 is 11.3 Å². The Kier molecular flexibility index (Phi) is 8.35. The Balaban J connectivity index is 1.10. The van der Waals surface area contributed by atoms with Crippen LogP contribution in [0.1, 0.15) is 91.4 Å². The Morgan fingerprint density at radius 2 is 1.87 bits per heavy atom. The lowest BCUT2D eigenvalue weighted by atomic mass is 9.63. The van der Waals surface area contributed by atoms with Crippen molar-refractivity contribution in [2.24, 2.45) is 0 Å². The van der Waals surface area contributed by atoms with Crippen molar-refractivity contribution in [1.29, 1.82) is 10.5 Å². The zero-order valence-electron chi connectivity index (χ0n) is 30.2. The number of hydrogen-bond donors (Lipinski definition) is 1. The van der Waals surface area contributed by atoms with E-state index in [0.717, 1.165) is 104 Å². The van der Waals surface area contributed by atoms with Gasteiger partial charge in [-0.05, 0) is 83.2 Å². The number of nitriles is 2.